The van der Waals surface area contributed by atoms with Crippen LogP contribution in [0.25, 0.3) is 0 Å². The third-order valence-electron chi connectivity index (χ3n) is 3.59. The molecular weight excluding hydrogens is 212 g/mol. The standard InChI is InChI=1S/C13H26N4/c1-6-13(7-2,10-14-11(3)4)8-12-9-17(5)16-15-12/h9,11,14H,6-8,10H2,1-5H3. The van der Waals surface area contributed by atoms with Gasteiger partial charge in [-0.2, -0.15) is 0 Å². The molecule has 0 aliphatic rings. The van der Waals surface area contributed by atoms with Crippen LogP contribution < -0.4 is 5.32 Å². The third-order valence-corrected chi connectivity index (χ3v) is 3.59. The highest BCUT2D eigenvalue weighted by atomic mass is 15.4. The van der Waals surface area contributed by atoms with Crippen molar-refractivity contribution in [3.05, 3.63) is 11.9 Å². The third kappa shape index (κ3) is 4.11. The van der Waals surface area contributed by atoms with Gasteiger partial charge in [0.1, 0.15) is 0 Å². The van der Waals surface area contributed by atoms with E-state index in [9.17, 15) is 0 Å². The Labute approximate surface area is 105 Å². The van der Waals surface area contributed by atoms with Crippen molar-refractivity contribution < 1.29 is 0 Å². The van der Waals surface area contributed by atoms with Crippen molar-refractivity contribution in [2.45, 2.75) is 53.0 Å². The molecule has 0 amide bonds. The molecule has 0 unspecified atom stereocenters. The Balaban J connectivity index is 2.69. The number of nitrogens with zero attached hydrogens (tertiary/aromatic N) is 3. The largest absolute Gasteiger partial charge is 0.314 e. The van der Waals surface area contributed by atoms with Gasteiger partial charge in [-0.3, -0.25) is 4.68 Å². The summed E-state index contributed by atoms with van der Waals surface area (Å²) in [6.07, 6.45) is 5.36. The summed E-state index contributed by atoms with van der Waals surface area (Å²) in [6.45, 7) is 9.97. The summed E-state index contributed by atoms with van der Waals surface area (Å²) in [6, 6.07) is 0.536. The molecule has 1 rings (SSSR count). The van der Waals surface area contributed by atoms with E-state index in [4.69, 9.17) is 0 Å². The molecule has 98 valence electrons. The van der Waals surface area contributed by atoms with E-state index in [1.807, 2.05) is 13.2 Å². The lowest BCUT2D eigenvalue weighted by Crippen LogP contribution is -2.38. The van der Waals surface area contributed by atoms with E-state index in [0.717, 1.165) is 18.7 Å². The van der Waals surface area contributed by atoms with Crippen LogP contribution in [-0.4, -0.2) is 27.6 Å². The van der Waals surface area contributed by atoms with Gasteiger partial charge >= 0.3 is 0 Å². The van der Waals surface area contributed by atoms with Gasteiger partial charge in [0, 0.05) is 25.8 Å². The summed E-state index contributed by atoms with van der Waals surface area (Å²) in [5.41, 5.74) is 1.40. The molecule has 0 aromatic carbocycles. The SMILES string of the molecule is CCC(CC)(CNC(C)C)Cc1cn(C)nn1. The summed E-state index contributed by atoms with van der Waals surface area (Å²) in [7, 11) is 1.92. The zero-order valence-electron chi connectivity index (χ0n) is 11.8. The smallest absolute Gasteiger partial charge is 0.0833 e. The van der Waals surface area contributed by atoms with Gasteiger partial charge < -0.3 is 5.32 Å². The number of rotatable bonds is 7. The Morgan fingerprint density at radius 1 is 1.35 bits per heavy atom. The lowest BCUT2D eigenvalue weighted by molar-refractivity contribution is 0.237. The Morgan fingerprint density at radius 3 is 2.41 bits per heavy atom. The lowest BCUT2D eigenvalue weighted by Gasteiger charge is -2.32. The maximum absolute atomic E-state index is 4.21. The van der Waals surface area contributed by atoms with Gasteiger partial charge in [-0.15, -0.1) is 5.10 Å². The lowest BCUT2D eigenvalue weighted by atomic mass is 9.78. The molecule has 0 saturated carbocycles. The minimum atomic E-state index is 0.306. The van der Waals surface area contributed by atoms with Gasteiger partial charge in [0.15, 0.2) is 0 Å². The second-order valence-electron chi connectivity index (χ2n) is 5.30. The zero-order chi connectivity index (χ0) is 12.9. The minimum Gasteiger partial charge on any atom is -0.314 e. The van der Waals surface area contributed by atoms with Crippen LogP contribution in [-0.2, 0) is 13.5 Å². The van der Waals surface area contributed by atoms with Crippen molar-refractivity contribution in [2.75, 3.05) is 6.54 Å². The molecule has 1 N–H and O–H groups in total. The van der Waals surface area contributed by atoms with Crippen molar-refractivity contribution in [1.82, 2.24) is 20.3 Å². The molecule has 17 heavy (non-hydrogen) atoms. The van der Waals surface area contributed by atoms with E-state index in [1.54, 1.807) is 4.68 Å². The number of hydrogen-bond acceptors (Lipinski definition) is 3. The van der Waals surface area contributed by atoms with Crippen molar-refractivity contribution in [1.29, 1.82) is 0 Å². The Morgan fingerprint density at radius 2 is 2.00 bits per heavy atom. The molecule has 0 radical (unpaired) electrons. The first-order valence-corrected chi connectivity index (χ1v) is 6.60. The molecule has 0 aliphatic heterocycles. The van der Waals surface area contributed by atoms with Gasteiger partial charge in [0.05, 0.1) is 5.69 Å². The summed E-state index contributed by atoms with van der Waals surface area (Å²) in [4.78, 5) is 0. The molecule has 0 saturated heterocycles. The minimum absolute atomic E-state index is 0.306. The molecule has 4 nitrogen and oxygen atoms in total. The van der Waals surface area contributed by atoms with Crippen LogP contribution in [0, 0.1) is 5.41 Å². The predicted octanol–water partition coefficient (Wildman–Crippen LogP) is 2.16. The first-order chi connectivity index (χ1) is 8.01. The average Bonchev–Trinajstić information content (AvgIpc) is 2.70. The normalized spacial score (nSPS) is 12.4. The van der Waals surface area contributed by atoms with Crippen molar-refractivity contribution in [3.8, 4) is 0 Å². The van der Waals surface area contributed by atoms with E-state index in [2.05, 4.69) is 43.3 Å². The molecule has 0 atom stereocenters. The second kappa shape index (κ2) is 6.15. The first kappa shape index (κ1) is 14.2. The summed E-state index contributed by atoms with van der Waals surface area (Å²) in [5, 5.41) is 11.8. The first-order valence-electron chi connectivity index (χ1n) is 6.60. The quantitative estimate of drug-likeness (QED) is 0.791. The Hall–Kier alpha value is -0.900. The van der Waals surface area contributed by atoms with Gasteiger partial charge in [-0.25, -0.2) is 0 Å². The number of aromatic nitrogens is 3. The summed E-state index contributed by atoms with van der Waals surface area (Å²) in [5.74, 6) is 0. The highest BCUT2D eigenvalue weighted by Gasteiger charge is 2.27. The molecule has 0 bridgehead atoms. The zero-order valence-corrected chi connectivity index (χ0v) is 11.8. The van der Waals surface area contributed by atoms with Gasteiger partial charge in [0.25, 0.3) is 0 Å². The van der Waals surface area contributed by atoms with E-state index >= 15 is 0 Å². The highest BCUT2D eigenvalue weighted by molar-refractivity contribution is 4.99. The van der Waals surface area contributed by atoms with Crippen LogP contribution in [0.4, 0.5) is 0 Å². The van der Waals surface area contributed by atoms with Crippen LogP contribution in [0.15, 0.2) is 6.20 Å². The number of hydrogen-bond donors (Lipinski definition) is 1. The van der Waals surface area contributed by atoms with Crippen LogP contribution in [0.3, 0.4) is 0 Å². The van der Waals surface area contributed by atoms with Crippen LogP contribution in [0.5, 0.6) is 0 Å². The second-order valence-corrected chi connectivity index (χ2v) is 5.30. The summed E-state index contributed by atoms with van der Waals surface area (Å²) >= 11 is 0. The van der Waals surface area contributed by atoms with Gasteiger partial charge in [-0.1, -0.05) is 32.9 Å². The molecule has 0 spiro atoms. The molecule has 1 aromatic rings. The topological polar surface area (TPSA) is 42.7 Å². The van der Waals surface area contributed by atoms with Gasteiger partial charge in [0.2, 0.25) is 0 Å². The number of nitrogens with one attached hydrogen (secondary N) is 1. The van der Waals surface area contributed by atoms with Crippen LogP contribution >= 0.6 is 0 Å². The maximum Gasteiger partial charge on any atom is 0.0833 e. The summed E-state index contributed by atoms with van der Waals surface area (Å²) < 4.78 is 1.78. The monoisotopic (exact) mass is 238 g/mol. The molecule has 0 aliphatic carbocycles. The Kier molecular flexibility index (Phi) is 5.12. The molecule has 0 fully saturated rings. The Bertz CT molecular complexity index is 326. The molecular formula is C13H26N4. The molecule has 4 heteroatoms. The van der Waals surface area contributed by atoms with Crippen molar-refractivity contribution in [2.24, 2.45) is 12.5 Å². The van der Waals surface area contributed by atoms with E-state index < -0.39 is 0 Å². The van der Waals surface area contributed by atoms with E-state index in [1.165, 1.54) is 12.8 Å². The van der Waals surface area contributed by atoms with Gasteiger partial charge in [-0.05, 0) is 24.7 Å². The fraction of sp³-hybridized carbons (Fsp3) is 0.846. The van der Waals surface area contributed by atoms with Crippen molar-refractivity contribution in [3.63, 3.8) is 0 Å². The molecule has 1 heterocycles. The number of aryl methyl sites for hydroxylation is 1. The predicted molar refractivity (Wildman–Crippen MR) is 70.9 cm³/mol. The highest BCUT2D eigenvalue weighted by Crippen LogP contribution is 2.29. The van der Waals surface area contributed by atoms with Crippen LogP contribution in [0.2, 0.25) is 0 Å². The fourth-order valence-corrected chi connectivity index (χ4v) is 2.09. The van der Waals surface area contributed by atoms with Crippen molar-refractivity contribution >= 4 is 0 Å². The van der Waals surface area contributed by atoms with E-state index in [-0.39, 0.29) is 0 Å². The molecule has 1 aromatic heterocycles. The van der Waals surface area contributed by atoms with Crippen LogP contribution in [0.1, 0.15) is 46.2 Å². The maximum atomic E-state index is 4.21. The fourth-order valence-electron chi connectivity index (χ4n) is 2.09. The average molecular weight is 238 g/mol. The van der Waals surface area contributed by atoms with E-state index in [0.29, 0.717) is 11.5 Å².